The minimum atomic E-state index is -3.60. The predicted octanol–water partition coefficient (Wildman–Crippen LogP) is 2.14. The lowest BCUT2D eigenvalue weighted by Gasteiger charge is -2.36. The van der Waals surface area contributed by atoms with Gasteiger partial charge in [-0.2, -0.15) is 0 Å². The molecule has 0 spiro atoms. The minimum absolute atomic E-state index is 0.107. The van der Waals surface area contributed by atoms with Gasteiger partial charge < -0.3 is 9.47 Å². The van der Waals surface area contributed by atoms with Crippen molar-refractivity contribution in [2.24, 2.45) is 16.7 Å². The topological polar surface area (TPSA) is 81.7 Å². The molecule has 1 N–H and O–H groups in total. The maximum absolute atomic E-state index is 12.7. The molecule has 142 valence electrons. The first-order valence-corrected chi connectivity index (χ1v) is 10.8. The number of benzene rings is 1. The van der Waals surface area contributed by atoms with Crippen molar-refractivity contribution in [1.29, 1.82) is 0 Å². The van der Waals surface area contributed by atoms with E-state index in [-0.39, 0.29) is 36.2 Å². The van der Waals surface area contributed by atoms with Crippen LogP contribution < -0.4 is 14.2 Å². The minimum Gasteiger partial charge on any atom is -0.486 e. The van der Waals surface area contributed by atoms with Gasteiger partial charge in [-0.05, 0) is 36.3 Å². The molecule has 3 atom stereocenters. The Hall–Kier alpha value is -1.60. The van der Waals surface area contributed by atoms with Crippen LogP contribution in [0.5, 0.6) is 11.5 Å². The van der Waals surface area contributed by atoms with Crippen molar-refractivity contribution in [3.63, 3.8) is 0 Å². The van der Waals surface area contributed by atoms with Crippen molar-refractivity contribution in [2.45, 2.75) is 39.2 Å². The molecule has 0 unspecified atom stereocenters. The van der Waals surface area contributed by atoms with Gasteiger partial charge in [-0.25, -0.2) is 13.1 Å². The Kier molecular flexibility index (Phi) is 4.08. The maximum Gasteiger partial charge on any atom is 0.212 e. The number of rotatable bonds is 5. The summed E-state index contributed by atoms with van der Waals surface area (Å²) in [5.74, 6) is 1.56. The van der Waals surface area contributed by atoms with Gasteiger partial charge in [-0.3, -0.25) is 4.79 Å². The van der Waals surface area contributed by atoms with E-state index < -0.39 is 15.4 Å². The van der Waals surface area contributed by atoms with E-state index in [2.05, 4.69) is 4.72 Å². The van der Waals surface area contributed by atoms with E-state index >= 15 is 0 Å². The molecule has 7 heteroatoms. The number of Topliss-reactive ketones (excluding diaryl/α,β-unsaturated/α-hetero) is 1. The van der Waals surface area contributed by atoms with Crippen molar-refractivity contribution in [3.05, 3.63) is 24.3 Å². The predicted molar refractivity (Wildman–Crippen MR) is 96.7 cm³/mol. The molecular formula is C19H25NO5S. The fraction of sp³-hybridized carbons (Fsp3) is 0.632. The summed E-state index contributed by atoms with van der Waals surface area (Å²) < 4.78 is 39.5. The smallest absolute Gasteiger partial charge is 0.212 e. The first-order chi connectivity index (χ1) is 12.2. The molecule has 1 heterocycles. The third-order valence-corrected chi connectivity index (χ3v) is 8.15. The van der Waals surface area contributed by atoms with E-state index in [9.17, 15) is 13.2 Å². The molecule has 2 saturated carbocycles. The number of para-hydroxylation sites is 2. The third kappa shape index (κ3) is 2.72. The molecule has 1 aromatic carbocycles. The zero-order valence-corrected chi connectivity index (χ0v) is 16.0. The number of ether oxygens (including phenoxy) is 2. The zero-order valence-electron chi connectivity index (χ0n) is 15.2. The molecule has 2 bridgehead atoms. The molecule has 0 aromatic heterocycles. The van der Waals surface area contributed by atoms with Crippen LogP contribution in [0.3, 0.4) is 0 Å². The number of sulfonamides is 1. The van der Waals surface area contributed by atoms with Crippen molar-refractivity contribution in [2.75, 3.05) is 18.9 Å². The molecule has 0 saturated heterocycles. The highest BCUT2D eigenvalue weighted by atomic mass is 32.2. The standard InChI is InChI=1S/C19H25NO5S/c1-18(2)13-7-8-19(18,17(21)9-13)12-26(22,23)20-10-14-11-24-15-5-3-4-6-16(15)25-14/h3-6,13-14,20H,7-12H2,1-2H3/t13-,14-,19+/m0/s1. The van der Waals surface area contributed by atoms with E-state index in [1.54, 1.807) is 6.07 Å². The molecular weight excluding hydrogens is 354 g/mol. The molecule has 4 rings (SSSR count). The molecule has 26 heavy (non-hydrogen) atoms. The van der Waals surface area contributed by atoms with Crippen LogP contribution in [0.2, 0.25) is 0 Å². The Morgan fingerprint density at radius 3 is 2.62 bits per heavy atom. The number of ketones is 1. The second-order valence-electron chi connectivity index (χ2n) is 8.27. The van der Waals surface area contributed by atoms with Crippen molar-refractivity contribution < 1.29 is 22.7 Å². The normalized spacial score (nSPS) is 32.0. The van der Waals surface area contributed by atoms with Crippen LogP contribution in [-0.2, 0) is 14.8 Å². The van der Waals surface area contributed by atoms with Crippen molar-refractivity contribution in [3.8, 4) is 11.5 Å². The Morgan fingerprint density at radius 2 is 1.96 bits per heavy atom. The van der Waals surface area contributed by atoms with Crippen LogP contribution >= 0.6 is 0 Å². The SMILES string of the molecule is CC1(C)[C@H]2CC[C@@]1(CS(=O)(=O)NC[C@H]1COc3ccccc3O1)C(=O)C2. The summed E-state index contributed by atoms with van der Waals surface area (Å²) in [6, 6.07) is 7.32. The summed E-state index contributed by atoms with van der Waals surface area (Å²) in [5, 5.41) is 0. The van der Waals surface area contributed by atoms with E-state index in [4.69, 9.17) is 9.47 Å². The average Bonchev–Trinajstić information content (AvgIpc) is 2.94. The maximum atomic E-state index is 12.7. The number of nitrogens with one attached hydrogen (secondary N) is 1. The molecule has 0 radical (unpaired) electrons. The number of fused-ring (bicyclic) bond motifs is 3. The lowest BCUT2D eigenvalue weighted by atomic mass is 9.70. The van der Waals surface area contributed by atoms with Crippen LogP contribution in [0.25, 0.3) is 0 Å². The van der Waals surface area contributed by atoms with Crippen LogP contribution in [-0.4, -0.2) is 39.2 Å². The monoisotopic (exact) mass is 379 g/mol. The highest BCUT2D eigenvalue weighted by molar-refractivity contribution is 7.89. The highest BCUT2D eigenvalue weighted by Gasteiger charge is 2.65. The number of hydrogen-bond acceptors (Lipinski definition) is 5. The van der Waals surface area contributed by atoms with Crippen LogP contribution in [0.1, 0.15) is 33.1 Å². The van der Waals surface area contributed by atoms with Gasteiger partial charge in [0.15, 0.2) is 11.5 Å². The van der Waals surface area contributed by atoms with E-state index in [1.807, 2.05) is 32.0 Å². The second-order valence-corrected chi connectivity index (χ2v) is 10.1. The van der Waals surface area contributed by atoms with Crippen molar-refractivity contribution in [1.82, 2.24) is 4.72 Å². The molecule has 1 aromatic rings. The van der Waals surface area contributed by atoms with E-state index in [0.717, 1.165) is 6.42 Å². The summed E-state index contributed by atoms with van der Waals surface area (Å²) in [7, 11) is -3.60. The fourth-order valence-corrected chi connectivity index (χ4v) is 6.74. The van der Waals surface area contributed by atoms with Gasteiger partial charge in [0.2, 0.25) is 10.0 Å². The Balaban J connectivity index is 1.42. The first kappa shape index (κ1) is 17.8. The number of carbonyl (C=O) groups excluding carboxylic acids is 1. The number of hydrogen-bond donors (Lipinski definition) is 1. The van der Waals surface area contributed by atoms with Gasteiger partial charge in [0.05, 0.1) is 12.3 Å². The van der Waals surface area contributed by atoms with Gasteiger partial charge in [-0.15, -0.1) is 0 Å². The van der Waals surface area contributed by atoms with Gasteiger partial charge >= 0.3 is 0 Å². The van der Waals surface area contributed by atoms with Gasteiger partial charge in [-0.1, -0.05) is 26.0 Å². The summed E-state index contributed by atoms with van der Waals surface area (Å²) in [6.45, 7) is 4.50. The molecule has 0 amide bonds. The van der Waals surface area contributed by atoms with E-state index in [0.29, 0.717) is 30.3 Å². The highest BCUT2D eigenvalue weighted by Crippen LogP contribution is 2.64. The summed E-state index contributed by atoms with van der Waals surface area (Å²) >= 11 is 0. The average molecular weight is 379 g/mol. The van der Waals surface area contributed by atoms with Gasteiger partial charge in [0.1, 0.15) is 18.5 Å². The molecule has 2 fully saturated rings. The van der Waals surface area contributed by atoms with Crippen LogP contribution in [0.4, 0.5) is 0 Å². The quantitative estimate of drug-likeness (QED) is 0.848. The van der Waals surface area contributed by atoms with Crippen LogP contribution in [0.15, 0.2) is 24.3 Å². The first-order valence-electron chi connectivity index (χ1n) is 9.13. The number of carbonyl (C=O) groups is 1. The van der Waals surface area contributed by atoms with Crippen molar-refractivity contribution >= 4 is 15.8 Å². The van der Waals surface area contributed by atoms with Gasteiger partial charge in [0, 0.05) is 11.8 Å². The lowest BCUT2D eigenvalue weighted by molar-refractivity contribution is -0.128. The van der Waals surface area contributed by atoms with Crippen LogP contribution in [0, 0.1) is 16.7 Å². The third-order valence-electron chi connectivity index (χ3n) is 6.67. The Labute approximate surface area is 154 Å². The second kappa shape index (κ2) is 5.96. The molecule has 1 aliphatic heterocycles. The van der Waals surface area contributed by atoms with E-state index in [1.165, 1.54) is 0 Å². The summed E-state index contributed by atoms with van der Waals surface area (Å²) in [4.78, 5) is 12.6. The summed E-state index contributed by atoms with van der Waals surface area (Å²) in [5.41, 5.74) is -1.01. The largest absolute Gasteiger partial charge is 0.486 e. The Morgan fingerprint density at radius 1 is 1.23 bits per heavy atom. The lowest BCUT2D eigenvalue weighted by Crippen LogP contribution is -2.47. The fourth-order valence-electron chi connectivity index (χ4n) is 4.87. The zero-order chi connectivity index (χ0) is 18.6. The molecule has 6 nitrogen and oxygen atoms in total. The summed E-state index contributed by atoms with van der Waals surface area (Å²) in [6.07, 6.45) is 1.73. The molecule has 2 aliphatic carbocycles. The van der Waals surface area contributed by atoms with Gasteiger partial charge in [0.25, 0.3) is 0 Å². The Bertz CT molecular complexity index is 834. The molecule has 3 aliphatic rings.